The highest BCUT2D eigenvalue weighted by Gasteiger charge is 2.32. The Bertz CT molecular complexity index is 1150. The molecule has 3 heterocycles. The second-order valence-electron chi connectivity index (χ2n) is 6.45. The van der Waals surface area contributed by atoms with Gasteiger partial charge in [-0.1, -0.05) is 24.3 Å². The zero-order chi connectivity index (χ0) is 19.9. The topological polar surface area (TPSA) is 69.6 Å². The van der Waals surface area contributed by atoms with E-state index >= 15 is 0 Å². The Morgan fingerprint density at radius 1 is 1.00 bits per heavy atom. The van der Waals surface area contributed by atoms with Crippen LogP contribution in [0, 0.1) is 0 Å². The molecule has 0 spiro atoms. The van der Waals surface area contributed by atoms with Gasteiger partial charge in [0, 0.05) is 17.0 Å². The summed E-state index contributed by atoms with van der Waals surface area (Å²) in [4.78, 5) is 8.28. The van der Waals surface area contributed by atoms with Gasteiger partial charge in [-0.3, -0.25) is 4.98 Å². The minimum Gasteiger partial charge on any atom is -0.323 e. The van der Waals surface area contributed by atoms with Crippen molar-refractivity contribution in [1.29, 1.82) is 0 Å². The zero-order valence-corrected chi connectivity index (χ0v) is 14.9. The Hall–Kier alpha value is -3.26. The molecule has 0 saturated heterocycles. The highest BCUT2D eigenvalue weighted by Crippen LogP contribution is 2.29. The van der Waals surface area contributed by atoms with Crippen LogP contribution in [-0.2, 0) is 6.18 Å². The van der Waals surface area contributed by atoms with E-state index in [1.807, 2.05) is 43.3 Å². The Morgan fingerprint density at radius 2 is 1.79 bits per heavy atom. The quantitative estimate of drug-likeness (QED) is 0.565. The summed E-state index contributed by atoms with van der Waals surface area (Å²) in [7, 11) is 0. The molecule has 0 aliphatic heterocycles. The molecule has 0 aliphatic rings. The lowest BCUT2D eigenvalue weighted by molar-refractivity contribution is -0.141. The summed E-state index contributed by atoms with van der Waals surface area (Å²) < 4.78 is 40.4. The van der Waals surface area contributed by atoms with Gasteiger partial charge in [0.2, 0.25) is 0 Å². The normalized spacial score (nSPS) is 13.0. The number of nitrogens with zero attached hydrogens (tertiary/aromatic N) is 4. The first-order valence-corrected chi connectivity index (χ1v) is 8.58. The van der Waals surface area contributed by atoms with Crippen LogP contribution in [-0.4, -0.2) is 19.7 Å². The number of rotatable bonds is 3. The third kappa shape index (κ3) is 3.34. The number of hydrogen-bond donors (Lipinski definition) is 1. The Kier molecular flexibility index (Phi) is 4.35. The summed E-state index contributed by atoms with van der Waals surface area (Å²) in [6.45, 7) is 1.85. The van der Waals surface area contributed by atoms with Crippen molar-refractivity contribution in [2.24, 2.45) is 5.73 Å². The molecule has 0 amide bonds. The summed E-state index contributed by atoms with van der Waals surface area (Å²) in [6, 6.07) is 14.7. The van der Waals surface area contributed by atoms with Crippen LogP contribution in [0.5, 0.6) is 0 Å². The van der Waals surface area contributed by atoms with Crippen molar-refractivity contribution in [2.45, 2.75) is 19.1 Å². The van der Waals surface area contributed by atoms with Crippen LogP contribution in [0.1, 0.15) is 24.4 Å². The molecule has 0 aliphatic carbocycles. The first-order valence-electron chi connectivity index (χ1n) is 8.58. The second-order valence-corrected chi connectivity index (χ2v) is 6.45. The monoisotopic (exact) mass is 383 g/mol. The van der Waals surface area contributed by atoms with E-state index in [0.29, 0.717) is 5.52 Å². The van der Waals surface area contributed by atoms with Crippen molar-refractivity contribution in [2.75, 3.05) is 0 Å². The second kappa shape index (κ2) is 6.72. The number of aromatic nitrogens is 4. The van der Waals surface area contributed by atoms with E-state index in [-0.39, 0.29) is 11.9 Å². The average Bonchev–Trinajstić information content (AvgIpc) is 3.10. The van der Waals surface area contributed by atoms with Crippen molar-refractivity contribution >= 4 is 10.9 Å². The third-order valence-corrected chi connectivity index (χ3v) is 4.35. The van der Waals surface area contributed by atoms with Crippen LogP contribution in [0.2, 0.25) is 0 Å². The number of nitrogens with two attached hydrogens (primary N) is 1. The highest BCUT2D eigenvalue weighted by molar-refractivity contribution is 5.84. The lowest BCUT2D eigenvalue weighted by Crippen LogP contribution is -2.10. The molecule has 4 aromatic rings. The molecule has 3 aromatic heterocycles. The molecule has 5 nitrogen and oxygen atoms in total. The lowest BCUT2D eigenvalue weighted by atomic mass is 10.1. The fraction of sp³-hybridized carbons (Fsp3) is 0.150. The van der Waals surface area contributed by atoms with Gasteiger partial charge in [0.15, 0.2) is 5.82 Å². The number of fused-ring (bicyclic) bond motifs is 1. The van der Waals surface area contributed by atoms with Crippen LogP contribution < -0.4 is 5.73 Å². The first-order chi connectivity index (χ1) is 13.3. The molecule has 1 atom stereocenters. The summed E-state index contributed by atoms with van der Waals surface area (Å²) >= 11 is 0. The van der Waals surface area contributed by atoms with Crippen LogP contribution in [0.3, 0.4) is 0 Å². The van der Waals surface area contributed by atoms with Gasteiger partial charge in [-0.15, -0.1) is 0 Å². The maximum atomic E-state index is 13.0. The predicted molar refractivity (Wildman–Crippen MR) is 99.7 cm³/mol. The van der Waals surface area contributed by atoms with Gasteiger partial charge in [-0.25, -0.2) is 9.67 Å². The molecule has 1 unspecified atom stereocenters. The zero-order valence-electron chi connectivity index (χ0n) is 14.9. The molecule has 0 saturated carbocycles. The van der Waals surface area contributed by atoms with Crippen molar-refractivity contribution in [3.63, 3.8) is 0 Å². The molecule has 142 valence electrons. The van der Waals surface area contributed by atoms with Crippen LogP contribution in [0.15, 0.2) is 60.8 Å². The summed E-state index contributed by atoms with van der Waals surface area (Å²) in [6.07, 6.45) is -2.93. The smallest absolute Gasteiger partial charge is 0.323 e. The van der Waals surface area contributed by atoms with E-state index in [1.165, 1.54) is 16.8 Å². The van der Waals surface area contributed by atoms with E-state index in [2.05, 4.69) is 15.1 Å². The molecular weight excluding hydrogens is 367 g/mol. The number of hydrogen-bond acceptors (Lipinski definition) is 4. The fourth-order valence-corrected chi connectivity index (χ4v) is 2.93. The van der Waals surface area contributed by atoms with Crippen LogP contribution in [0.25, 0.3) is 28.0 Å². The third-order valence-electron chi connectivity index (χ3n) is 4.35. The standard InChI is InChI=1S/C20H16F3N5/c1-12(24)15-4-2-5-16(26-15)13-8-9-14-11-25-28(17(14)10-13)19-7-3-6-18(27-19)20(21,22)23/h2-12H,24H2,1H3. The van der Waals surface area contributed by atoms with E-state index in [0.717, 1.165) is 28.4 Å². The molecular formula is C20H16F3N5. The Morgan fingerprint density at radius 3 is 2.54 bits per heavy atom. The first kappa shape index (κ1) is 18.1. The summed E-state index contributed by atoms with van der Waals surface area (Å²) in [5.41, 5.74) is 7.87. The minimum absolute atomic E-state index is 0.0965. The van der Waals surface area contributed by atoms with Crippen LogP contribution in [0.4, 0.5) is 13.2 Å². The van der Waals surface area contributed by atoms with Crippen molar-refractivity contribution in [3.8, 4) is 17.1 Å². The molecule has 0 fully saturated rings. The molecule has 4 rings (SSSR count). The van der Waals surface area contributed by atoms with Crippen molar-refractivity contribution < 1.29 is 13.2 Å². The summed E-state index contributed by atoms with van der Waals surface area (Å²) in [5, 5.41) is 5.00. The van der Waals surface area contributed by atoms with Crippen molar-refractivity contribution in [1.82, 2.24) is 19.7 Å². The largest absolute Gasteiger partial charge is 0.433 e. The van der Waals surface area contributed by atoms with Gasteiger partial charge < -0.3 is 5.73 Å². The fourth-order valence-electron chi connectivity index (χ4n) is 2.93. The molecule has 2 N–H and O–H groups in total. The summed E-state index contributed by atoms with van der Waals surface area (Å²) in [5.74, 6) is 0.0965. The van der Waals surface area contributed by atoms with Gasteiger partial charge in [-0.2, -0.15) is 18.3 Å². The van der Waals surface area contributed by atoms with Gasteiger partial charge in [0.1, 0.15) is 5.69 Å². The number of alkyl halides is 3. The molecule has 8 heteroatoms. The van der Waals surface area contributed by atoms with Crippen molar-refractivity contribution in [3.05, 3.63) is 72.2 Å². The minimum atomic E-state index is -4.52. The SMILES string of the molecule is CC(N)c1cccc(-c2ccc3cnn(-c4cccc(C(F)(F)F)n4)c3c2)n1. The molecule has 0 radical (unpaired) electrons. The van der Waals surface area contributed by atoms with Gasteiger partial charge >= 0.3 is 6.18 Å². The molecule has 1 aromatic carbocycles. The molecule has 28 heavy (non-hydrogen) atoms. The molecule has 0 bridgehead atoms. The number of benzene rings is 1. The van der Waals surface area contributed by atoms with Gasteiger partial charge in [0.05, 0.1) is 23.1 Å². The maximum absolute atomic E-state index is 13.0. The van der Waals surface area contributed by atoms with Gasteiger partial charge in [0.25, 0.3) is 0 Å². The highest BCUT2D eigenvalue weighted by atomic mass is 19.4. The average molecular weight is 383 g/mol. The van der Waals surface area contributed by atoms with E-state index in [9.17, 15) is 13.2 Å². The predicted octanol–water partition coefficient (Wildman–Crippen LogP) is 4.52. The van der Waals surface area contributed by atoms with E-state index in [1.54, 1.807) is 6.20 Å². The maximum Gasteiger partial charge on any atom is 0.433 e. The Labute approximate surface area is 158 Å². The van der Waals surface area contributed by atoms with Gasteiger partial charge in [-0.05, 0) is 37.3 Å². The lowest BCUT2D eigenvalue weighted by Gasteiger charge is -2.10. The van der Waals surface area contributed by atoms with E-state index < -0.39 is 11.9 Å². The van der Waals surface area contributed by atoms with Crippen LogP contribution >= 0.6 is 0 Å². The number of halogens is 3. The van der Waals surface area contributed by atoms with E-state index in [4.69, 9.17) is 5.73 Å². The Balaban J connectivity index is 1.83. The number of pyridine rings is 2.